The highest BCUT2D eigenvalue weighted by molar-refractivity contribution is 5.91. The zero-order valence-electron chi connectivity index (χ0n) is 15.7. The molecule has 0 spiro atoms. The Bertz CT molecular complexity index is 784. The molecule has 0 aliphatic heterocycles. The van der Waals surface area contributed by atoms with Crippen LogP contribution in [0.3, 0.4) is 0 Å². The van der Waals surface area contributed by atoms with E-state index in [-0.39, 0.29) is 11.8 Å². The maximum Gasteiger partial charge on any atom is 0.224 e. The number of amides is 2. The van der Waals surface area contributed by atoms with Gasteiger partial charge in [0, 0.05) is 36.2 Å². The van der Waals surface area contributed by atoms with Gasteiger partial charge in [-0.25, -0.2) is 0 Å². The number of anilines is 2. The third kappa shape index (κ3) is 5.66. The highest BCUT2D eigenvalue weighted by Crippen LogP contribution is 2.39. The van der Waals surface area contributed by atoms with Gasteiger partial charge in [0.15, 0.2) is 0 Å². The predicted octanol–water partition coefficient (Wildman–Crippen LogP) is 3.81. The van der Waals surface area contributed by atoms with Gasteiger partial charge < -0.3 is 16.4 Å². The first-order chi connectivity index (χ1) is 13.0. The molecule has 27 heavy (non-hydrogen) atoms. The highest BCUT2D eigenvalue weighted by atomic mass is 16.2. The molecule has 2 atom stereocenters. The van der Waals surface area contributed by atoms with Crippen LogP contribution in [-0.2, 0) is 16.0 Å². The van der Waals surface area contributed by atoms with Crippen LogP contribution in [0.25, 0.3) is 0 Å². The molecule has 2 amide bonds. The Morgan fingerprint density at radius 1 is 0.963 bits per heavy atom. The Hall–Kier alpha value is -2.66. The van der Waals surface area contributed by atoms with Crippen molar-refractivity contribution in [1.82, 2.24) is 0 Å². The fourth-order valence-electron chi connectivity index (χ4n) is 3.09. The standard InChI is InChI=1S/C22H27N3O2/c1-2-21(26)24-17-10-6-15(7-11-17)4-3-5-22(27)25-18-12-8-16(9-13-18)19-14-20(19)23/h6-13,19-20H,2-5,14,23H2,1H3,(H,24,26)(H,25,27). The van der Waals surface area contributed by atoms with Gasteiger partial charge in [-0.15, -0.1) is 0 Å². The summed E-state index contributed by atoms with van der Waals surface area (Å²) in [5.41, 5.74) is 9.90. The smallest absolute Gasteiger partial charge is 0.224 e. The predicted molar refractivity (Wildman–Crippen MR) is 109 cm³/mol. The number of carbonyl (C=O) groups is 2. The van der Waals surface area contributed by atoms with E-state index in [2.05, 4.69) is 10.6 Å². The van der Waals surface area contributed by atoms with Crippen molar-refractivity contribution in [2.45, 2.75) is 51.0 Å². The SMILES string of the molecule is CCC(=O)Nc1ccc(CCCC(=O)Nc2ccc(C3CC3N)cc2)cc1. The third-order valence-electron chi connectivity index (χ3n) is 4.89. The number of carbonyl (C=O) groups excluding carboxylic acids is 2. The molecular weight excluding hydrogens is 338 g/mol. The van der Waals surface area contributed by atoms with Gasteiger partial charge in [0.25, 0.3) is 0 Å². The first-order valence-corrected chi connectivity index (χ1v) is 9.59. The molecule has 1 fully saturated rings. The van der Waals surface area contributed by atoms with E-state index in [9.17, 15) is 9.59 Å². The van der Waals surface area contributed by atoms with Gasteiger partial charge in [0.05, 0.1) is 0 Å². The molecule has 0 heterocycles. The molecular formula is C22H27N3O2. The van der Waals surface area contributed by atoms with Gasteiger partial charge in [-0.1, -0.05) is 31.2 Å². The molecule has 2 aromatic carbocycles. The zero-order chi connectivity index (χ0) is 19.2. The van der Waals surface area contributed by atoms with Crippen molar-refractivity contribution in [3.05, 3.63) is 59.7 Å². The van der Waals surface area contributed by atoms with Crippen LogP contribution in [0, 0.1) is 0 Å². The topological polar surface area (TPSA) is 84.2 Å². The van der Waals surface area contributed by atoms with Crippen LogP contribution in [0.2, 0.25) is 0 Å². The average molecular weight is 365 g/mol. The van der Waals surface area contributed by atoms with Gasteiger partial charge >= 0.3 is 0 Å². The van der Waals surface area contributed by atoms with Gasteiger partial charge in [0.1, 0.15) is 0 Å². The van der Waals surface area contributed by atoms with E-state index in [1.54, 1.807) is 0 Å². The molecule has 0 bridgehead atoms. The molecule has 2 unspecified atom stereocenters. The van der Waals surface area contributed by atoms with Crippen molar-refractivity contribution in [1.29, 1.82) is 0 Å². The maximum atomic E-state index is 12.1. The fraction of sp³-hybridized carbons (Fsp3) is 0.364. The van der Waals surface area contributed by atoms with Crippen LogP contribution in [0.15, 0.2) is 48.5 Å². The molecule has 3 rings (SSSR count). The normalized spacial score (nSPS) is 18.0. The molecule has 0 saturated heterocycles. The number of aryl methyl sites for hydroxylation is 1. The Morgan fingerprint density at radius 2 is 1.52 bits per heavy atom. The van der Waals surface area contributed by atoms with Crippen molar-refractivity contribution in [3.63, 3.8) is 0 Å². The van der Waals surface area contributed by atoms with E-state index >= 15 is 0 Å². The summed E-state index contributed by atoms with van der Waals surface area (Å²) in [7, 11) is 0. The largest absolute Gasteiger partial charge is 0.327 e. The second-order valence-corrected chi connectivity index (χ2v) is 7.13. The van der Waals surface area contributed by atoms with Crippen LogP contribution in [0.5, 0.6) is 0 Å². The number of hydrogen-bond acceptors (Lipinski definition) is 3. The molecule has 1 saturated carbocycles. The van der Waals surface area contributed by atoms with E-state index < -0.39 is 0 Å². The first kappa shape index (κ1) is 19.1. The lowest BCUT2D eigenvalue weighted by Crippen LogP contribution is -2.11. The summed E-state index contributed by atoms with van der Waals surface area (Å²) in [6, 6.07) is 16.1. The Balaban J connectivity index is 1.39. The van der Waals surface area contributed by atoms with Crippen molar-refractivity contribution >= 4 is 23.2 Å². The van der Waals surface area contributed by atoms with E-state index in [0.717, 1.165) is 36.2 Å². The third-order valence-corrected chi connectivity index (χ3v) is 4.89. The van der Waals surface area contributed by atoms with E-state index in [4.69, 9.17) is 5.73 Å². The second-order valence-electron chi connectivity index (χ2n) is 7.13. The van der Waals surface area contributed by atoms with Crippen LogP contribution in [0.4, 0.5) is 11.4 Å². The van der Waals surface area contributed by atoms with Crippen molar-refractivity contribution in [3.8, 4) is 0 Å². The van der Waals surface area contributed by atoms with Crippen LogP contribution in [-0.4, -0.2) is 17.9 Å². The Morgan fingerprint density at radius 3 is 2.07 bits per heavy atom. The minimum atomic E-state index is 0.00688. The minimum absolute atomic E-state index is 0.00688. The lowest BCUT2D eigenvalue weighted by Gasteiger charge is -2.07. The summed E-state index contributed by atoms with van der Waals surface area (Å²) in [5.74, 6) is 0.515. The second kappa shape index (κ2) is 8.82. The summed E-state index contributed by atoms with van der Waals surface area (Å²) < 4.78 is 0. The monoisotopic (exact) mass is 365 g/mol. The molecule has 5 nitrogen and oxygen atoms in total. The molecule has 1 aliphatic rings. The first-order valence-electron chi connectivity index (χ1n) is 9.59. The van der Waals surface area contributed by atoms with E-state index in [0.29, 0.717) is 24.8 Å². The van der Waals surface area contributed by atoms with Crippen molar-refractivity contribution in [2.75, 3.05) is 10.6 Å². The summed E-state index contributed by atoms with van der Waals surface area (Å²) in [6.45, 7) is 1.83. The van der Waals surface area contributed by atoms with Crippen molar-refractivity contribution < 1.29 is 9.59 Å². The number of rotatable bonds is 8. The van der Waals surface area contributed by atoms with Crippen LogP contribution >= 0.6 is 0 Å². The number of nitrogens with one attached hydrogen (secondary N) is 2. The van der Waals surface area contributed by atoms with Gasteiger partial charge in [-0.05, 0) is 54.7 Å². The van der Waals surface area contributed by atoms with E-state index in [1.165, 1.54) is 5.56 Å². The number of hydrogen-bond donors (Lipinski definition) is 3. The lowest BCUT2D eigenvalue weighted by atomic mass is 10.1. The zero-order valence-corrected chi connectivity index (χ0v) is 15.7. The summed E-state index contributed by atoms with van der Waals surface area (Å²) in [5, 5.41) is 5.77. The Kier molecular flexibility index (Phi) is 6.24. The van der Waals surface area contributed by atoms with Crippen molar-refractivity contribution in [2.24, 2.45) is 5.73 Å². The average Bonchev–Trinajstić information content (AvgIpc) is 3.40. The molecule has 2 aromatic rings. The molecule has 0 aromatic heterocycles. The van der Waals surface area contributed by atoms with E-state index in [1.807, 2.05) is 55.5 Å². The molecule has 5 heteroatoms. The maximum absolute atomic E-state index is 12.1. The summed E-state index contributed by atoms with van der Waals surface area (Å²) in [4.78, 5) is 23.5. The Labute approximate surface area is 160 Å². The lowest BCUT2D eigenvalue weighted by molar-refractivity contribution is -0.116. The number of benzene rings is 2. The highest BCUT2D eigenvalue weighted by Gasteiger charge is 2.34. The van der Waals surface area contributed by atoms with Gasteiger partial charge in [-0.2, -0.15) is 0 Å². The molecule has 1 aliphatic carbocycles. The summed E-state index contributed by atoms with van der Waals surface area (Å²) >= 11 is 0. The van der Waals surface area contributed by atoms with Gasteiger partial charge in [0.2, 0.25) is 11.8 Å². The molecule has 4 N–H and O–H groups in total. The van der Waals surface area contributed by atoms with Crippen LogP contribution < -0.4 is 16.4 Å². The molecule has 142 valence electrons. The fourth-order valence-corrected chi connectivity index (χ4v) is 3.09. The summed E-state index contributed by atoms with van der Waals surface area (Å²) in [6.07, 6.45) is 3.60. The number of nitrogens with two attached hydrogens (primary N) is 1. The minimum Gasteiger partial charge on any atom is -0.327 e. The van der Waals surface area contributed by atoms with Crippen LogP contribution in [0.1, 0.15) is 49.7 Å². The van der Waals surface area contributed by atoms with Gasteiger partial charge in [-0.3, -0.25) is 9.59 Å². The quantitative estimate of drug-likeness (QED) is 0.665. The molecule has 0 radical (unpaired) electrons.